The monoisotopic (exact) mass is 220 g/mol. The van der Waals surface area contributed by atoms with Crippen molar-refractivity contribution in [3.63, 3.8) is 0 Å². The SMILES string of the molecule is CC(c1ccc(O)cc1)C1CCCOCC1. The average Bonchev–Trinajstić information content (AvgIpc) is 2.57. The smallest absolute Gasteiger partial charge is 0.115 e. The van der Waals surface area contributed by atoms with Gasteiger partial charge in [0.2, 0.25) is 0 Å². The van der Waals surface area contributed by atoms with Crippen LogP contribution >= 0.6 is 0 Å². The van der Waals surface area contributed by atoms with E-state index < -0.39 is 0 Å². The summed E-state index contributed by atoms with van der Waals surface area (Å²) in [4.78, 5) is 0. The maximum atomic E-state index is 9.27. The second-order valence-electron chi connectivity index (χ2n) is 4.68. The van der Waals surface area contributed by atoms with Crippen LogP contribution < -0.4 is 0 Å². The van der Waals surface area contributed by atoms with Crippen LogP contribution in [-0.2, 0) is 4.74 Å². The Morgan fingerprint density at radius 1 is 1.19 bits per heavy atom. The summed E-state index contributed by atoms with van der Waals surface area (Å²) in [5, 5.41) is 9.27. The van der Waals surface area contributed by atoms with Gasteiger partial charge in [-0.25, -0.2) is 0 Å². The van der Waals surface area contributed by atoms with Crippen LogP contribution in [0.5, 0.6) is 5.75 Å². The largest absolute Gasteiger partial charge is 0.508 e. The zero-order valence-corrected chi connectivity index (χ0v) is 9.86. The third-order valence-electron chi connectivity index (χ3n) is 3.62. The van der Waals surface area contributed by atoms with E-state index in [-0.39, 0.29) is 0 Å². The minimum absolute atomic E-state index is 0.347. The van der Waals surface area contributed by atoms with Crippen molar-refractivity contribution in [1.82, 2.24) is 0 Å². The molecular weight excluding hydrogens is 200 g/mol. The molecule has 1 aromatic rings. The van der Waals surface area contributed by atoms with Gasteiger partial charge in [-0.1, -0.05) is 19.1 Å². The van der Waals surface area contributed by atoms with Gasteiger partial charge in [0.05, 0.1) is 0 Å². The first kappa shape index (κ1) is 11.5. The Morgan fingerprint density at radius 3 is 2.69 bits per heavy atom. The van der Waals surface area contributed by atoms with Gasteiger partial charge in [0.1, 0.15) is 5.75 Å². The third-order valence-corrected chi connectivity index (χ3v) is 3.62. The van der Waals surface area contributed by atoms with E-state index in [1.807, 2.05) is 12.1 Å². The Hall–Kier alpha value is -1.02. The van der Waals surface area contributed by atoms with Crippen LogP contribution in [0.15, 0.2) is 24.3 Å². The van der Waals surface area contributed by atoms with Gasteiger partial charge in [-0.05, 0) is 48.8 Å². The van der Waals surface area contributed by atoms with Crippen molar-refractivity contribution in [2.75, 3.05) is 13.2 Å². The molecule has 2 atom stereocenters. The second-order valence-corrected chi connectivity index (χ2v) is 4.68. The fourth-order valence-electron chi connectivity index (χ4n) is 2.48. The number of ether oxygens (including phenoxy) is 1. The van der Waals surface area contributed by atoms with Gasteiger partial charge in [0.25, 0.3) is 0 Å². The van der Waals surface area contributed by atoms with Crippen LogP contribution in [-0.4, -0.2) is 18.3 Å². The zero-order valence-electron chi connectivity index (χ0n) is 9.86. The lowest BCUT2D eigenvalue weighted by Crippen LogP contribution is -2.10. The number of benzene rings is 1. The van der Waals surface area contributed by atoms with Crippen molar-refractivity contribution >= 4 is 0 Å². The number of hydrogen-bond donors (Lipinski definition) is 1. The van der Waals surface area contributed by atoms with Crippen molar-refractivity contribution in [1.29, 1.82) is 0 Å². The number of phenolic OH excluding ortho intramolecular Hbond substituents is 1. The van der Waals surface area contributed by atoms with Gasteiger partial charge in [-0.15, -0.1) is 0 Å². The molecule has 0 aromatic heterocycles. The van der Waals surface area contributed by atoms with Gasteiger partial charge in [0.15, 0.2) is 0 Å². The molecule has 1 aromatic carbocycles. The summed E-state index contributed by atoms with van der Waals surface area (Å²) < 4.78 is 5.49. The standard InChI is InChI=1S/C14H20O2/c1-11(12-3-2-9-16-10-8-12)13-4-6-14(15)7-5-13/h4-7,11-12,15H,2-3,8-10H2,1H3. The summed E-state index contributed by atoms with van der Waals surface area (Å²) in [6.07, 6.45) is 3.58. The molecule has 0 saturated carbocycles. The van der Waals surface area contributed by atoms with Crippen molar-refractivity contribution < 1.29 is 9.84 Å². The Labute approximate surface area is 97.3 Å². The fraction of sp³-hybridized carbons (Fsp3) is 0.571. The highest BCUT2D eigenvalue weighted by atomic mass is 16.5. The highest BCUT2D eigenvalue weighted by Gasteiger charge is 2.20. The number of phenols is 1. The summed E-state index contributed by atoms with van der Waals surface area (Å²) >= 11 is 0. The lowest BCUT2D eigenvalue weighted by Gasteiger charge is -2.22. The van der Waals surface area contributed by atoms with Crippen molar-refractivity contribution in [2.24, 2.45) is 5.92 Å². The molecule has 0 aliphatic carbocycles. The van der Waals surface area contributed by atoms with E-state index in [9.17, 15) is 5.11 Å². The molecule has 1 N–H and O–H groups in total. The fourth-order valence-corrected chi connectivity index (χ4v) is 2.48. The van der Waals surface area contributed by atoms with Gasteiger partial charge >= 0.3 is 0 Å². The normalized spacial score (nSPS) is 23.7. The van der Waals surface area contributed by atoms with Gasteiger partial charge in [0, 0.05) is 13.2 Å². The molecule has 2 nitrogen and oxygen atoms in total. The van der Waals surface area contributed by atoms with E-state index in [0.717, 1.165) is 19.6 Å². The molecule has 1 aliphatic rings. The Balaban J connectivity index is 2.04. The van der Waals surface area contributed by atoms with Crippen molar-refractivity contribution in [3.8, 4) is 5.75 Å². The first-order valence-corrected chi connectivity index (χ1v) is 6.14. The number of hydrogen-bond acceptors (Lipinski definition) is 2. The summed E-state index contributed by atoms with van der Waals surface area (Å²) in [5.74, 6) is 1.62. The van der Waals surface area contributed by atoms with Crippen LogP contribution in [0.3, 0.4) is 0 Å². The molecule has 88 valence electrons. The molecule has 0 amide bonds. The first-order valence-electron chi connectivity index (χ1n) is 6.14. The highest BCUT2D eigenvalue weighted by molar-refractivity contribution is 5.28. The highest BCUT2D eigenvalue weighted by Crippen LogP contribution is 2.32. The maximum Gasteiger partial charge on any atom is 0.115 e. The van der Waals surface area contributed by atoms with E-state index in [1.165, 1.54) is 18.4 Å². The van der Waals surface area contributed by atoms with Crippen LogP contribution in [0.25, 0.3) is 0 Å². The molecule has 1 heterocycles. The van der Waals surface area contributed by atoms with E-state index in [4.69, 9.17) is 4.74 Å². The molecule has 1 saturated heterocycles. The average molecular weight is 220 g/mol. The van der Waals surface area contributed by atoms with E-state index >= 15 is 0 Å². The van der Waals surface area contributed by atoms with E-state index in [0.29, 0.717) is 17.6 Å². The Kier molecular flexibility index (Phi) is 3.83. The van der Waals surface area contributed by atoms with Crippen LogP contribution in [0.4, 0.5) is 0 Å². The second kappa shape index (κ2) is 5.35. The topological polar surface area (TPSA) is 29.5 Å². The third kappa shape index (κ3) is 2.76. The van der Waals surface area contributed by atoms with E-state index in [1.54, 1.807) is 12.1 Å². The number of rotatable bonds is 2. The first-order chi connectivity index (χ1) is 7.77. The molecule has 0 radical (unpaired) electrons. The molecule has 0 bridgehead atoms. The van der Waals surface area contributed by atoms with E-state index in [2.05, 4.69) is 6.92 Å². The predicted molar refractivity (Wildman–Crippen MR) is 64.7 cm³/mol. The molecular formula is C14H20O2. The molecule has 2 heteroatoms. The molecule has 2 rings (SSSR count). The van der Waals surface area contributed by atoms with Gasteiger partial charge in [-0.2, -0.15) is 0 Å². The number of aromatic hydroxyl groups is 1. The summed E-state index contributed by atoms with van der Waals surface area (Å²) in [6.45, 7) is 4.09. The van der Waals surface area contributed by atoms with Crippen LogP contribution in [0.2, 0.25) is 0 Å². The Bertz CT molecular complexity index is 310. The molecule has 1 fully saturated rings. The minimum atomic E-state index is 0.347. The molecule has 1 aliphatic heterocycles. The van der Waals surface area contributed by atoms with Crippen LogP contribution in [0.1, 0.15) is 37.7 Å². The molecule has 0 spiro atoms. The summed E-state index contributed by atoms with van der Waals surface area (Å²) in [7, 11) is 0. The summed E-state index contributed by atoms with van der Waals surface area (Å²) in [6, 6.07) is 7.62. The quantitative estimate of drug-likeness (QED) is 0.828. The lowest BCUT2D eigenvalue weighted by molar-refractivity contribution is 0.140. The lowest BCUT2D eigenvalue weighted by atomic mass is 9.83. The molecule has 16 heavy (non-hydrogen) atoms. The predicted octanol–water partition coefficient (Wildman–Crippen LogP) is 3.31. The molecule has 2 unspecified atom stereocenters. The summed E-state index contributed by atoms with van der Waals surface area (Å²) in [5.41, 5.74) is 1.32. The minimum Gasteiger partial charge on any atom is -0.508 e. The van der Waals surface area contributed by atoms with Gasteiger partial charge < -0.3 is 9.84 Å². The van der Waals surface area contributed by atoms with Crippen LogP contribution in [0, 0.1) is 5.92 Å². The Morgan fingerprint density at radius 2 is 1.94 bits per heavy atom. The van der Waals surface area contributed by atoms with Gasteiger partial charge in [-0.3, -0.25) is 0 Å². The zero-order chi connectivity index (χ0) is 11.4. The van der Waals surface area contributed by atoms with Crippen molar-refractivity contribution in [3.05, 3.63) is 29.8 Å². The van der Waals surface area contributed by atoms with Crippen molar-refractivity contribution in [2.45, 2.75) is 32.1 Å². The maximum absolute atomic E-state index is 9.27.